The molecule has 1 aliphatic rings. The first-order chi connectivity index (χ1) is 11.7. The summed E-state index contributed by atoms with van der Waals surface area (Å²) >= 11 is 0. The van der Waals surface area contributed by atoms with Gasteiger partial charge in [-0.25, -0.2) is 4.98 Å². The van der Waals surface area contributed by atoms with Gasteiger partial charge in [-0.15, -0.1) is 0 Å². The molecular weight excluding hydrogens is 306 g/mol. The maximum Gasteiger partial charge on any atom is 0.223 e. The average Bonchev–Trinajstić information content (AvgIpc) is 3.27. The van der Waals surface area contributed by atoms with Gasteiger partial charge in [0, 0.05) is 26.1 Å². The fourth-order valence-electron chi connectivity index (χ4n) is 3.25. The summed E-state index contributed by atoms with van der Waals surface area (Å²) in [4.78, 5) is 13.5. The predicted octanol–water partition coefficient (Wildman–Crippen LogP) is 2.23. The lowest BCUT2D eigenvalue weighted by Gasteiger charge is -2.22. The molecular formula is C17H21N5O2. The summed E-state index contributed by atoms with van der Waals surface area (Å²) in [5, 5.41) is 3.97. The Bertz CT molecular complexity index is 794. The number of likely N-dealkylation sites (N-methyl/N-ethyl adjacent to an activating group) is 1. The van der Waals surface area contributed by atoms with Crippen LogP contribution in [0.3, 0.4) is 0 Å². The van der Waals surface area contributed by atoms with E-state index in [4.69, 9.17) is 8.94 Å². The lowest BCUT2D eigenvalue weighted by atomic mass is 10.2. The lowest BCUT2D eigenvalue weighted by Crippen LogP contribution is -2.34. The van der Waals surface area contributed by atoms with Crippen LogP contribution in [0.25, 0.3) is 11.1 Å². The SMILES string of the molecule is Cc1nc(CN(C)[C@H]2CCN(Cc3nc4ccccc4o3)C2)no1. The predicted molar refractivity (Wildman–Crippen MR) is 88.2 cm³/mol. The number of rotatable bonds is 5. The van der Waals surface area contributed by atoms with Crippen LogP contribution in [0.5, 0.6) is 0 Å². The molecule has 7 nitrogen and oxygen atoms in total. The molecule has 0 saturated carbocycles. The summed E-state index contributed by atoms with van der Waals surface area (Å²) in [7, 11) is 2.11. The van der Waals surface area contributed by atoms with Crippen LogP contribution in [-0.4, -0.2) is 51.1 Å². The summed E-state index contributed by atoms with van der Waals surface area (Å²) in [6.45, 7) is 5.30. The first kappa shape index (κ1) is 15.3. The number of nitrogens with zero attached hydrogens (tertiary/aromatic N) is 5. The van der Waals surface area contributed by atoms with E-state index in [1.54, 1.807) is 0 Å². The van der Waals surface area contributed by atoms with Crippen LogP contribution in [0.4, 0.5) is 0 Å². The van der Waals surface area contributed by atoms with E-state index in [0.29, 0.717) is 18.5 Å². The Hall–Kier alpha value is -2.25. The molecule has 0 radical (unpaired) electrons. The first-order valence-corrected chi connectivity index (χ1v) is 8.23. The molecule has 0 bridgehead atoms. The highest BCUT2D eigenvalue weighted by atomic mass is 16.5. The number of fused-ring (bicyclic) bond motifs is 1. The fraction of sp³-hybridized carbons (Fsp3) is 0.471. The van der Waals surface area contributed by atoms with Crippen molar-refractivity contribution in [2.45, 2.75) is 32.5 Å². The molecule has 7 heteroatoms. The number of aryl methyl sites for hydroxylation is 1. The lowest BCUT2D eigenvalue weighted by molar-refractivity contribution is 0.210. The summed E-state index contributed by atoms with van der Waals surface area (Å²) in [6, 6.07) is 8.37. The molecule has 0 aliphatic carbocycles. The van der Waals surface area contributed by atoms with E-state index in [-0.39, 0.29) is 0 Å². The van der Waals surface area contributed by atoms with Crippen LogP contribution in [-0.2, 0) is 13.1 Å². The Labute approximate surface area is 140 Å². The Morgan fingerprint density at radius 1 is 1.29 bits per heavy atom. The topological polar surface area (TPSA) is 71.4 Å². The third-order valence-corrected chi connectivity index (χ3v) is 4.53. The normalized spacial score (nSPS) is 18.9. The van der Waals surface area contributed by atoms with E-state index in [1.807, 2.05) is 31.2 Å². The average molecular weight is 327 g/mol. The number of oxazole rings is 1. The molecule has 1 aromatic carbocycles. The third-order valence-electron chi connectivity index (χ3n) is 4.53. The van der Waals surface area contributed by atoms with Crippen LogP contribution >= 0.6 is 0 Å². The largest absolute Gasteiger partial charge is 0.439 e. The van der Waals surface area contributed by atoms with Crippen molar-refractivity contribution in [3.8, 4) is 0 Å². The molecule has 24 heavy (non-hydrogen) atoms. The monoisotopic (exact) mass is 327 g/mol. The van der Waals surface area contributed by atoms with Crippen LogP contribution in [0.2, 0.25) is 0 Å². The second-order valence-electron chi connectivity index (χ2n) is 6.40. The van der Waals surface area contributed by atoms with Gasteiger partial charge in [0.25, 0.3) is 0 Å². The van der Waals surface area contributed by atoms with Crippen molar-refractivity contribution < 1.29 is 8.94 Å². The van der Waals surface area contributed by atoms with Crippen molar-refractivity contribution in [3.63, 3.8) is 0 Å². The van der Waals surface area contributed by atoms with Crippen molar-refractivity contribution in [2.24, 2.45) is 0 Å². The molecule has 0 spiro atoms. The van der Waals surface area contributed by atoms with Gasteiger partial charge >= 0.3 is 0 Å². The van der Waals surface area contributed by atoms with E-state index in [1.165, 1.54) is 0 Å². The van der Waals surface area contributed by atoms with Gasteiger partial charge in [0.05, 0.1) is 13.1 Å². The Balaban J connectivity index is 1.35. The zero-order valence-corrected chi connectivity index (χ0v) is 14.0. The second-order valence-corrected chi connectivity index (χ2v) is 6.40. The van der Waals surface area contributed by atoms with Crippen molar-refractivity contribution in [3.05, 3.63) is 41.9 Å². The highest BCUT2D eigenvalue weighted by molar-refractivity contribution is 5.72. The maximum atomic E-state index is 5.83. The van der Waals surface area contributed by atoms with Crippen LogP contribution in [0.1, 0.15) is 24.0 Å². The summed E-state index contributed by atoms with van der Waals surface area (Å²) in [6.07, 6.45) is 1.12. The fourth-order valence-corrected chi connectivity index (χ4v) is 3.25. The molecule has 126 valence electrons. The molecule has 4 rings (SSSR count). The number of benzene rings is 1. The van der Waals surface area contributed by atoms with E-state index in [0.717, 1.165) is 48.9 Å². The molecule has 0 N–H and O–H groups in total. The Kier molecular flexibility index (Phi) is 4.03. The number of aromatic nitrogens is 3. The number of hydrogen-bond donors (Lipinski definition) is 0. The van der Waals surface area contributed by atoms with Gasteiger partial charge in [-0.3, -0.25) is 9.80 Å². The highest BCUT2D eigenvalue weighted by Gasteiger charge is 2.27. The molecule has 1 saturated heterocycles. The first-order valence-electron chi connectivity index (χ1n) is 8.23. The minimum absolute atomic E-state index is 0.480. The highest BCUT2D eigenvalue weighted by Crippen LogP contribution is 2.20. The standard InChI is InChI=1S/C17H21N5O2/c1-12-18-16(20-24-12)10-21(2)13-7-8-22(9-13)11-17-19-14-5-3-4-6-15(14)23-17/h3-6,13H,7-11H2,1-2H3/t13-/m0/s1. The van der Waals surface area contributed by atoms with Gasteiger partial charge in [-0.05, 0) is 25.6 Å². The van der Waals surface area contributed by atoms with Gasteiger partial charge in [-0.2, -0.15) is 4.98 Å². The third kappa shape index (κ3) is 3.18. The molecule has 3 aromatic rings. The van der Waals surface area contributed by atoms with Crippen LogP contribution < -0.4 is 0 Å². The quantitative estimate of drug-likeness (QED) is 0.711. The maximum absolute atomic E-state index is 5.83. The van der Waals surface area contributed by atoms with Crippen molar-refractivity contribution in [1.29, 1.82) is 0 Å². The van der Waals surface area contributed by atoms with E-state index >= 15 is 0 Å². The van der Waals surface area contributed by atoms with E-state index < -0.39 is 0 Å². The molecule has 1 fully saturated rings. The van der Waals surface area contributed by atoms with Gasteiger partial charge in [0.1, 0.15) is 5.52 Å². The van der Waals surface area contributed by atoms with E-state index in [2.05, 4.69) is 32.0 Å². The van der Waals surface area contributed by atoms with Gasteiger partial charge in [0.2, 0.25) is 11.8 Å². The van der Waals surface area contributed by atoms with Crippen molar-refractivity contribution in [1.82, 2.24) is 24.9 Å². The van der Waals surface area contributed by atoms with Gasteiger partial charge in [-0.1, -0.05) is 17.3 Å². The Morgan fingerprint density at radius 3 is 2.96 bits per heavy atom. The minimum atomic E-state index is 0.480. The smallest absolute Gasteiger partial charge is 0.223 e. The van der Waals surface area contributed by atoms with Crippen molar-refractivity contribution in [2.75, 3.05) is 20.1 Å². The summed E-state index contributed by atoms with van der Waals surface area (Å²) in [5.41, 5.74) is 1.78. The van der Waals surface area contributed by atoms with Crippen LogP contribution in [0.15, 0.2) is 33.2 Å². The van der Waals surface area contributed by atoms with Crippen molar-refractivity contribution >= 4 is 11.1 Å². The molecule has 1 aliphatic heterocycles. The molecule has 1 atom stereocenters. The minimum Gasteiger partial charge on any atom is -0.439 e. The summed E-state index contributed by atoms with van der Waals surface area (Å²) < 4.78 is 10.9. The zero-order chi connectivity index (χ0) is 16.5. The van der Waals surface area contributed by atoms with Gasteiger partial charge < -0.3 is 8.94 Å². The van der Waals surface area contributed by atoms with Gasteiger partial charge in [0.15, 0.2) is 11.4 Å². The van der Waals surface area contributed by atoms with Crippen LogP contribution in [0, 0.1) is 6.92 Å². The number of para-hydroxylation sites is 2. The molecule has 2 aromatic heterocycles. The summed E-state index contributed by atoms with van der Waals surface area (Å²) in [5.74, 6) is 2.14. The number of hydrogen-bond acceptors (Lipinski definition) is 7. The molecule has 0 amide bonds. The number of likely N-dealkylation sites (tertiary alicyclic amines) is 1. The second kappa shape index (κ2) is 6.33. The van der Waals surface area contributed by atoms with E-state index in [9.17, 15) is 0 Å². The zero-order valence-electron chi connectivity index (χ0n) is 14.0. The molecule has 3 heterocycles. The molecule has 0 unspecified atom stereocenters. The Morgan fingerprint density at radius 2 is 2.17 bits per heavy atom.